The molecular weight excluding hydrogens is 250 g/mol. The number of allylic oxidation sites excluding steroid dienone is 4. The Labute approximate surface area is 118 Å². The number of hydrogen-bond acceptors (Lipinski definition) is 2. The fraction of sp³-hybridized carbons (Fsp3) is 0.118. The molecule has 0 saturated heterocycles. The van der Waals surface area contributed by atoms with Gasteiger partial charge in [-0.25, -0.2) is 4.99 Å². The van der Waals surface area contributed by atoms with Crippen LogP contribution in [-0.2, 0) is 9.59 Å². The van der Waals surface area contributed by atoms with Crippen LogP contribution in [0.5, 0.6) is 0 Å². The highest BCUT2D eigenvalue weighted by Crippen LogP contribution is 2.14. The Morgan fingerprint density at radius 3 is 2.25 bits per heavy atom. The van der Waals surface area contributed by atoms with Crippen LogP contribution in [0.2, 0.25) is 0 Å². The largest absolute Gasteiger partial charge is 0.290 e. The summed E-state index contributed by atoms with van der Waals surface area (Å²) in [6, 6.07) is 9.55. The summed E-state index contributed by atoms with van der Waals surface area (Å²) in [5.74, 6) is -0.398. The van der Waals surface area contributed by atoms with Crippen LogP contribution in [0.1, 0.15) is 19.4 Å². The summed E-state index contributed by atoms with van der Waals surface area (Å²) in [6.45, 7) is 3.56. The molecule has 0 fully saturated rings. The van der Waals surface area contributed by atoms with E-state index in [9.17, 15) is 9.59 Å². The first-order chi connectivity index (χ1) is 9.56. The summed E-state index contributed by atoms with van der Waals surface area (Å²) in [6.07, 6.45) is 6.12. The highest BCUT2D eigenvalue weighted by Gasteiger charge is 2.13. The minimum absolute atomic E-state index is 0.0637. The van der Waals surface area contributed by atoms with E-state index < -0.39 is 0 Å². The van der Waals surface area contributed by atoms with Crippen LogP contribution < -0.4 is 0 Å². The molecule has 1 aromatic rings. The molecule has 1 aromatic carbocycles. The molecule has 0 atom stereocenters. The van der Waals surface area contributed by atoms with Gasteiger partial charge in [0, 0.05) is 6.08 Å². The quantitative estimate of drug-likeness (QED) is 0.609. The summed E-state index contributed by atoms with van der Waals surface area (Å²) in [5, 5.41) is 0. The first-order valence-electron chi connectivity index (χ1n) is 6.33. The molecule has 0 spiro atoms. The molecule has 0 radical (unpaired) electrons. The Bertz CT molecular complexity index is 637. The molecule has 0 unspecified atom stereocenters. The van der Waals surface area contributed by atoms with Crippen LogP contribution in [0, 0.1) is 0 Å². The molecule has 0 bridgehead atoms. The molecule has 3 heteroatoms. The van der Waals surface area contributed by atoms with Gasteiger partial charge in [-0.2, -0.15) is 0 Å². The fourth-order valence-corrected chi connectivity index (χ4v) is 1.97. The van der Waals surface area contributed by atoms with E-state index in [0.717, 1.165) is 16.7 Å². The standard InChI is InChI=1S/C17H15NO2/c1-12-10-15(19)11-13(2)17(12)18-16(20)9-8-14-6-4-3-5-7-14/h3-11H,1-2H3. The smallest absolute Gasteiger partial charge is 0.270 e. The van der Waals surface area contributed by atoms with Crippen molar-refractivity contribution in [2.75, 3.05) is 0 Å². The van der Waals surface area contributed by atoms with Crippen molar-refractivity contribution in [3.8, 4) is 0 Å². The lowest BCUT2D eigenvalue weighted by Gasteiger charge is -2.10. The van der Waals surface area contributed by atoms with Gasteiger partial charge >= 0.3 is 0 Å². The lowest BCUT2D eigenvalue weighted by atomic mass is 9.97. The van der Waals surface area contributed by atoms with E-state index in [1.807, 2.05) is 30.3 Å². The van der Waals surface area contributed by atoms with Crippen LogP contribution in [0.3, 0.4) is 0 Å². The number of hydrogen-bond donors (Lipinski definition) is 0. The van der Waals surface area contributed by atoms with Crippen molar-refractivity contribution >= 4 is 23.5 Å². The summed E-state index contributed by atoms with van der Waals surface area (Å²) in [7, 11) is 0. The number of amides is 1. The maximum Gasteiger partial charge on any atom is 0.270 e. The lowest BCUT2D eigenvalue weighted by Crippen LogP contribution is -2.12. The molecule has 2 rings (SSSR count). The molecule has 100 valence electrons. The van der Waals surface area contributed by atoms with Gasteiger partial charge < -0.3 is 0 Å². The molecular formula is C17H15NO2. The van der Waals surface area contributed by atoms with Gasteiger partial charge in [0.2, 0.25) is 0 Å². The Hall–Kier alpha value is -2.55. The third-order valence-electron chi connectivity index (χ3n) is 2.90. The predicted molar refractivity (Wildman–Crippen MR) is 80.4 cm³/mol. The third-order valence-corrected chi connectivity index (χ3v) is 2.90. The Balaban J connectivity index is 2.17. The number of benzene rings is 1. The fourth-order valence-electron chi connectivity index (χ4n) is 1.97. The van der Waals surface area contributed by atoms with Gasteiger partial charge in [0.15, 0.2) is 5.78 Å². The minimum atomic E-state index is -0.335. The van der Waals surface area contributed by atoms with Crippen LogP contribution >= 0.6 is 0 Å². The summed E-state index contributed by atoms with van der Waals surface area (Å²) in [4.78, 5) is 27.2. The van der Waals surface area contributed by atoms with E-state index in [0.29, 0.717) is 5.71 Å². The first kappa shape index (κ1) is 13.9. The monoisotopic (exact) mass is 265 g/mol. The number of aliphatic imine (C=N–C) groups is 1. The van der Waals surface area contributed by atoms with Gasteiger partial charge in [0.25, 0.3) is 5.91 Å². The second kappa shape index (κ2) is 6.06. The summed E-state index contributed by atoms with van der Waals surface area (Å²) in [5.41, 5.74) is 2.96. The highest BCUT2D eigenvalue weighted by molar-refractivity contribution is 6.24. The van der Waals surface area contributed by atoms with Gasteiger partial charge in [0.05, 0.1) is 5.71 Å². The maximum atomic E-state index is 11.8. The summed E-state index contributed by atoms with van der Waals surface area (Å²) < 4.78 is 0. The number of rotatable bonds is 2. The minimum Gasteiger partial charge on any atom is -0.290 e. The predicted octanol–water partition coefficient (Wildman–Crippen LogP) is 3.14. The second-order valence-corrected chi connectivity index (χ2v) is 4.60. The number of carbonyl (C=O) groups is 2. The number of ketones is 1. The molecule has 1 aliphatic rings. The van der Waals surface area contributed by atoms with Crippen molar-refractivity contribution in [3.63, 3.8) is 0 Å². The third kappa shape index (κ3) is 3.48. The second-order valence-electron chi connectivity index (χ2n) is 4.60. The van der Waals surface area contributed by atoms with Crippen molar-refractivity contribution in [1.29, 1.82) is 0 Å². The van der Waals surface area contributed by atoms with Crippen molar-refractivity contribution in [2.45, 2.75) is 13.8 Å². The van der Waals surface area contributed by atoms with Gasteiger partial charge in [-0.15, -0.1) is 0 Å². The topological polar surface area (TPSA) is 46.5 Å². The zero-order chi connectivity index (χ0) is 14.5. The number of nitrogens with zero attached hydrogens (tertiary/aromatic N) is 1. The average molecular weight is 265 g/mol. The molecule has 20 heavy (non-hydrogen) atoms. The Morgan fingerprint density at radius 2 is 1.65 bits per heavy atom. The lowest BCUT2D eigenvalue weighted by molar-refractivity contribution is -0.113. The van der Waals surface area contributed by atoms with E-state index in [1.165, 1.54) is 18.2 Å². The maximum absolute atomic E-state index is 11.8. The van der Waals surface area contributed by atoms with Gasteiger partial charge in [-0.05, 0) is 48.8 Å². The van der Waals surface area contributed by atoms with E-state index in [1.54, 1.807) is 19.9 Å². The molecule has 0 aliphatic heterocycles. The van der Waals surface area contributed by atoms with E-state index >= 15 is 0 Å². The molecule has 0 saturated carbocycles. The molecule has 0 heterocycles. The zero-order valence-electron chi connectivity index (χ0n) is 11.5. The molecule has 1 amide bonds. The molecule has 3 nitrogen and oxygen atoms in total. The van der Waals surface area contributed by atoms with Gasteiger partial charge in [0.1, 0.15) is 0 Å². The van der Waals surface area contributed by atoms with E-state index in [2.05, 4.69) is 4.99 Å². The highest BCUT2D eigenvalue weighted by atomic mass is 16.1. The summed E-state index contributed by atoms with van der Waals surface area (Å²) >= 11 is 0. The Kier molecular flexibility index (Phi) is 4.20. The zero-order valence-corrected chi connectivity index (χ0v) is 11.5. The first-order valence-corrected chi connectivity index (χ1v) is 6.33. The normalized spacial score (nSPS) is 15.1. The molecule has 0 N–H and O–H groups in total. The van der Waals surface area contributed by atoms with Gasteiger partial charge in [-0.1, -0.05) is 30.3 Å². The van der Waals surface area contributed by atoms with Crippen LogP contribution in [0.25, 0.3) is 6.08 Å². The van der Waals surface area contributed by atoms with E-state index in [-0.39, 0.29) is 11.7 Å². The SMILES string of the molecule is CC1=CC(=O)C=C(C)C1=NC(=O)C=Cc1ccccc1. The van der Waals surface area contributed by atoms with Crippen LogP contribution in [-0.4, -0.2) is 17.4 Å². The van der Waals surface area contributed by atoms with Crippen molar-refractivity contribution < 1.29 is 9.59 Å². The van der Waals surface area contributed by atoms with Crippen LogP contribution in [0.15, 0.2) is 64.7 Å². The number of carbonyl (C=O) groups excluding carboxylic acids is 2. The Morgan fingerprint density at radius 1 is 1.05 bits per heavy atom. The van der Waals surface area contributed by atoms with Crippen molar-refractivity contribution in [1.82, 2.24) is 0 Å². The molecule has 0 aromatic heterocycles. The van der Waals surface area contributed by atoms with E-state index in [4.69, 9.17) is 0 Å². The van der Waals surface area contributed by atoms with Crippen molar-refractivity contribution in [3.05, 3.63) is 65.3 Å². The van der Waals surface area contributed by atoms with Crippen molar-refractivity contribution in [2.24, 2.45) is 4.99 Å². The average Bonchev–Trinajstić information content (AvgIpc) is 2.42. The van der Waals surface area contributed by atoms with Crippen LogP contribution in [0.4, 0.5) is 0 Å². The molecule has 1 aliphatic carbocycles. The van der Waals surface area contributed by atoms with Gasteiger partial charge in [-0.3, -0.25) is 9.59 Å².